The number of anilines is 1. The molecule has 0 saturated heterocycles. The molecule has 118 valence electrons. The van der Waals surface area contributed by atoms with Crippen LogP contribution >= 0.6 is 34.8 Å². The molecule has 3 aromatic rings. The quantitative estimate of drug-likeness (QED) is 0.722. The highest BCUT2D eigenvalue weighted by Gasteiger charge is 2.12. The van der Waals surface area contributed by atoms with Gasteiger partial charge in [-0.25, -0.2) is 0 Å². The van der Waals surface area contributed by atoms with Gasteiger partial charge in [-0.15, -0.1) is 0 Å². The molecule has 3 rings (SSSR count). The Bertz CT molecular complexity index is 857. The summed E-state index contributed by atoms with van der Waals surface area (Å²) in [5.41, 5.74) is 0.529. The first-order valence-corrected chi connectivity index (χ1v) is 7.68. The first-order valence-electron chi connectivity index (χ1n) is 6.54. The molecule has 1 amide bonds. The molecule has 1 N–H and O–H groups in total. The molecule has 0 radical (unpaired) electrons. The number of nitrogens with zero attached hydrogens (tertiary/aromatic N) is 2. The van der Waals surface area contributed by atoms with Gasteiger partial charge in [-0.2, -0.15) is 5.10 Å². The van der Waals surface area contributed by atoms with Crippen LogP contribution in [0, 0.1) is 0 Å². The van der Waals surface area contributed by atoms with E-state index >= 15 is 0 Å². The van der Waals surface area contributed by atoms with E-state index < -0.39 is 0 Å². The predicted molar refractivity (Wildman–Crippen MR) is 89.5 cm³/mol. The molecule has 0 aliphatic carbocycles. The lowest BCUT2D eigenvalue weighted by Gasteiger charge is -2.04. The van der Waals surface area contributed by atoms with Gasteiger partial charge in [0, 0.05) is 11.9 Å². The average molecular weight is 371 g/mol. The maximum Gasteiger partial charge on any atom is 0.291 e. The zero-order chi connectivity index (χ0) is 16.4. The summed E-state index contributed by atoms with van der Waals surface area (Å²) in [7, 11) is 0. The lowest BCUT2D eigenvalue weighted by molar-refractivity contribution is 0.0994. The van der Waals surface area contributed by atoms with Crippen LogP contribution in [0.5, 0.6) is 0 Å². The molecule has 1 aromatic carbocycles. The first kappa shape index (κ1) is 15.9. The molecule has 0 unspecified atom stereocenters. The van der Waals surface area contributed by atoms with E-state index in [1.54, 1.807) is 41.2 Å². The number of halogens is 3. The molecular weight excluding hydrogens is 361 g/mol. The topological polar surface area (TPSA) is 60.1 Å². The van der Waals surface area contributed by atoms with Crippen LogP contribution in [-0.4, -0.2) is 15.7 Å². The Labute approximate surface area is 146 Å². The summed E-state index contributed by atoms with van der Waals surface area (Å²) in [5, 5.41) is 8.05. The third-order valence-electron chi connectivity index (χ3n) is 2.98. The largest absolute Gasteiger partial charge is 0.454 e. The summed E-state index contributed by atoms with van der Waals surface area (Å²) in [6, 6.07) is 8.13. The Balaban J connectivity index is 1.69. The van der Waals surface area contributed by atoms with E-state index in [0.29, 0.717) is 33.1 Å². The van der Waals surface area contributed by atoms with E-state index in [-0.39, 0.29) is 11.7 Å². The number of hydrogen-bond acceptors (Lipinski definition) is 3. The van der Waals surface area contributed by atoms with E-state index in [1.807, 2.05) is 0 Å². The molecule has 0 fully saturated rings. The normalized spacial score (nSPS) is 10.7. The third-order valence-corrected chi connectivity index (χ3v) is 3.92. The second-order valence-electron chi connectivity index (χ2n) is 4.71. The summed E-state index contributed by atoms with van der Waals surface area (Å²) < 4.78 is 7.12. The van der Waals surface area contributed by atoms with Gasteiger partial charge in [0.15, 0.2) is 5.76 Å². The molecular formula is C15H10Cl3N3O2. The van der Waals surface area contributed by atoms with Gasteiger partial charge in [0.1, 0.15) is 5.76 Å². The van der Waals surface area contributed by atoms with Crippen molar-refractivity contribution in [2.75, 3.05) is 5.32 Å². The Morgan fingerprint density at radius 2 is 2.00 bits per heavy atom. The van der Waals surface area contributed by atoms with Crippen LogP contribution in [-0.2, 0) is 6.54 Å². The Morgan fingerprint density at radius 3 is 2.70 bits per heavy atom. The van der Waals surface area contributed by atoms with Crippen LogP contribution in [0.4, 0.5) is 5.69 Å². The Morgan fingerprint density at radius 1 is 1.17 bits per heavy atom. The van der Waals surface area contributed by atoms with Gasteiger partial charge in [-0.1, -0.05) is 34.8 Å². The van der Waals surface area contributed by atoms with Crippen LogP contribution in [0.2, 0.25) is 15.1 Å². The number of amides is 1. The van der Waals surface area contributed by atoms with Crippen LogP contribution in [0.25, 0.3) is 0 Å². The van der Waals surface area contributed by atoms with Crippen molar-refractivity contribution < 1.29 is 9.21 Å². The number of hydrogen-bond donors (Lipinski definition) is 1. The van der Waals surface area contributed by atoms with Crippen molar-refractivity contribution in [2.24, 2.45) is 0 Å². The SMILES string of the molecule is O=C(Nc1ccc(Cl)c(Cl)c1)c1ccc(Cn2cc(Cl)cn2)o1. The fourth-order valence-electron chi connectivity index (χ4n) is 1.94. The number of nitrogens with one attached hydrogen (secondary N) is 1. The smallest absolute Gasteiger partial charge is 0.291 e. The molecule has 0 bridgehead atoms. The Kier molecular flexibility index (Phi) is 4.61. The van der Waals surface area contributed by atoms with E-state index in [1.165, 1.54) is 6.20 Å². The average Bonchev–Trinajstić information content (AvgIpc) is 3.13. The van der Waals surface area contributed by atoms with Crippen molar-refractivity contribution in [3.8, 4) is 0 Å². The van der Waals surface area contributed by atoms with Crippen LogP contribution in [0.1, 0.15) is 16.3 Å². The summed E-state index contributed by atoms with van der Waals surface area (Å²) in [6.45, 7) is 0.382. The standard InChI is InChI=1S/C15H10Cl3N3O2/c16-9-6-19-21(7-9)8-11-2-4-14(23-11)15(22)20-10-1-3-12(17)13(18)5-10/h1-7H,8H2,(H,20,22). The molecule has 0 aliphatic heterocycles. The number of rotatable bonds is 4. The van der Waals surface area contributed by atoms with E-state index in [4.69, 9.17) is 39.2 Å². The van der Waals surface area contributed by atoms with Crippen molar-refractivity contribution in [3.63, 3.8) is 0 Å². The van der Waals surface area contributed by atoms with Gasteiger partial charge < -0.3 is 9.73 Å². The molecule has 0 atom stereocenters. The second kappa shape index (κ2) is 6.66. The van der Waals surface area contributed by atoms with Crippen LogP contribution in [0.15, 0.2) is 47.1 Å². The minimum Gasteiger partial charge on any atom is -0.454 e. The minimum atomic E-state index is -0.381. The molecule has 2 aromatic heterocycles. The maximum atomic E-state index is 12.2. The summed E-state index contributed by atoms with van der Waals surface area (Å²) >= 11 is 17.5. The van der Waals surface area contributed by atoms with Gasteiger partial charge in [0.25, 0.3) is 5.91 Å². The van der Waals surface area contributed by atoms with Crippen molar-refractivity contribution in [3.05, 3.63) is 69.3 Å². The number of carbonyl (C=O) groups is 1. The van der Waals surface area contributed by atoms with Crippen molar-refractivity contribution in [1.29, 1.82) is 0 Å². The highest BCUT2D eigenvalue weighted by Crippen LogP contribution is 2.25. The fourth-order valence-corrected chi connectivity index (χ4v) is 2.39. The number of aromatic nitrogens is 2. The highest BCUT2D eigenvalue weighted by molar-refractivity contribution is 6.42. The van der Waals surface area contributed by atoms with Gasteiger partial charge in [0.05, 0.1) is 27.8 Å². The highest BCUT2D eigenvalue weighted by atomic mass is 35.5. The number of furan rings is 1. The number of benzene rings is 1. The maximum absolute atomic E-state index is 12.2. The van der Waals surface area contributed by atoms with E-state index in [2.05, 4.69) is 10.4 Å². The van der Waals surface area contributed by atoms with Crippen LogP contribution in [0.3, 0.4) is 0 Å². The van der Waals surface area contributed by atoms with Gasteiger partial charge in [-0.3, -0.25) is 9.48 Å². The van der Waals surface area contributed by atoms with Gasteiger partial charge in [0.2, 0.25) is 0 Å². The molecule has 8 heteroatoms. The van der Waals surface area contributed by atoms with Crippen molar-refractivity contribution in [1.82, 2.24) is 9.78 Å². The number of carbonyl (C=O) groups excluding carboxylic acids is 1. The van der Waals surface area contributed by atoms with Crippen molar-refractivity contribution >= 4 is 46.4 Å². The molecule has 0 saturated carbocycles. The summed E-state index contributed by atoms with van der Waals surface area (Å²) in [6.07, 6.45) is 3.20. The predicted octanol–water partition coefficient (Wildman–Crippen LogP) is 4.74. The second-order valence-corrected chi connectivity index (χ2v) is 5.96. The molecule has 5 nitrogen and oxygen atoms in total. The Hall–Kier alpha value is -1.95. The lowest BCUT2D eigenvalue weighted by Crippen LogP contribution is -2.10. The molecule has 23 heavy (non-hydrogen) atoms. The zero-order valence-corrected chi connectivity index (χ0v) is 13.9. The molecule has 0 spiro atoms. The summed E-state index contributed by atoms with van der Waals surface area (Å²) in [5.74, 6) is 0.390. The van der Waals surface area contributed by atoms with E-state index in [0.717, 1.165) is 0 Å². The van der Waals surface area contributed by atoms with E-state index in [9.17, 15) is 4.79 Å². The molecule has 2 heterocycles. The first-order chi connectivity index (χ1) is 11.0. The monoisotopic (exact) mass is 369 g/mol. The van der Waals surface area contributed by atoms with Gasteiger partial charge in [-0.05, 0) is 30.3 Å². The van der Waals surface area contributed by atoms with Gasteiger partial charge >= 0.3 is 0 Å². The van der Waals surface area contributed by atoms with Crippen LogP contribution < -0.4 is 5.32 Å². The minimum absolute atomic E-state index is 0.185. The third kappa shape index (κ3) is 3.88. The molecule has 0 aliphatic rings. The van der Waals surface area contributed by atoms with Crippen molar-refractivity contribution in [2.45, 2.75) is 6.54 Å². The fraction of sp³-hybridized carbons (Fsp3) is 0.0667. The zero-order valence-electron chi connectivity index (χ0n) is 11.6. The summed E-state index contributed by atoms with van der Waals surface area (Å²) in [4.78, 5) is 12.2. The lowest BCUT2D eigenvalue weighted by atomic mass is 10.3.